The number of rotatable bonds is 5. The first-order valence-corrected chi connectivity index (χ1v) is 9.15. The van der Waals surface area contributed by atoms with E-state index in [0.29, 0.717) is 17.8 Å². The van der Waals surface area contributed by atoms with Crippen LogP contribution < -0.4 is 5.32 Å². The number of hydrogen-bond donors (Lipinski definition) is 2. The van der Waals surface area contributed by atoms with Crippen molar-refractivity contribution in [2.45, 2.75) is 51.1 Å². The van der Waals surface area contributed by atoms with Crippen LogP contribution in [0, 0.1) is 0 Å². The van der Waals surface area contributed by atoms with Gasteiger partial charge in [0, 0.05) is 49.8 Å². The minimum Gasteiger partial charge on any atom is -0.508 e. The molecular formula is C19H27N3O3. The lowest BCUT2D eigenvalue weighted by atomic mass is 9.97. The second-order valence-electron chi connectivity index (χ2n) is 7.13. The minimum atomic E-state index is -0.208. The Kier molecular flexibility index (Phi) is 5.58. The number of benzene rings is 1. The van der Waals surface area contributed by atoms with Gasteiger partial charge in [-0.25, -0.2) is 0 Å². The van der Waals surface area contributed by atoms with Crippen LogP contribution in [0.1, 0.15) is 39.0 Å². The number of likely N-dealkylation sites (tertiary alicyclic amines) is 2. The third-order valence-electron chi connectivity index (χ3n) is 5.23. The molecule has 6 heteroatoms. The van der Waals surface area contributed by atoms with Gasteiger partial charge in [-0.3, -0.25) is 14.5 Å². The standard InChI is InChI=1S/C19H27N3O3/c1-14-5-2-3-10-22(14)16-12-21(13-16)19(25)9-8-18(24)20-15-6-4-7-17(23)11-15/h4,6-7,11,14,16,23H,2-3,5,8-10,12-13H2,1H3,(H,20,24)/t14-/m1/s1. The predicted octanol–water partition coefficient (Wildman–Crippen LogP) is 2.20. The Bertz CT molecular complexity index is 628. The van der Waals surface area contributed by atoms with Crippen LogP contribution in [0.15, 0.2) is 24.3 Å². The zero-order chi connectivity index (χ0) is 17.8. The van der Waals surface area contributed by atoms with E-state index >= 15 is 0 Å². The molecule has 2 saturated heterocycles. The molecule has 0 radical (unpaired) electrons. The van der Waals surface area contributed by atoms with Crippen molar-refractivity contribution in [1.29, 1.82) is 0 Å². The number of aromatic hydroxyl groups is 1. The highest BCUT2D eigenvalue weighted by Crippen LogP contribution is 2.25. The number of carbonyl (C=O) groups is 2. The summed E-state index contributed by atoms with van der Waals surface area (Å²) in [5, 5.41) is 12.1. The molecule has 6 nitrogen and oxygen atoms in total. The molecule has 1 aromatic carbocycles. The number of amides is 2. The Morgan fingerprint density at radius 1 is 1.24 bits per heavy atom. The van der Waals surface area contributed by atoms with Gasteiger partial charge in [0.2, 0.25) is 11.8 Å². The first kappa shape index (κ1) is 17.7. The lowest BCUT2D eigenvalue weighted by Crippen LogP contribution is -2.63. The third kappa shape index (κ3) is 4.51. The molecule has 0 aliphatic carbocycles. The van der Waals surface area contributed by atoms with Crippen molar-refractivity contribution in [2.75, 3.05) is 25.0 Å². The average molecular weight is 345 g/mol. The summed E-state index contributed by atoms with van der Waals surface area (Å²) in [6.45, 7) is 4.99. The molecule has 2 heterocycles. The van der Waals surface area contributed by atoms with Crippen LogP contribution >= 0.6 is 0 Å². The van der Waals surface area contributed by atoms with Crippen molar-refractivity contribution in [1.82, 2.24) is 9.80 Å². The first-order chi connectivity index (χ1) is 12.0. The molecular weight excluding hydrogens is 318 g/mol. The summed E-state index contributed by atoms with van der Waals surface area (Å²) in [7, 11) is 0. The van der Waals surface area contributed by atoms with Crippen LogP contribution in [-0.4, -0.2) is 58.4 Å². The van der Waals surface area contributed by atoms with Gasteiger partial charge < -0.3 is 15.3 Å². The third-order valence-corrected chi connectivity index (χ3v) is 5.23. The Hall–Kier alpha value is -2.08. The lowest BCUT2D eigenvalue weighted by Gasteiger charge is -2.49. The summed E-state index contributed by atoms with van der Waals surface area (Å²) < 4.78 is 0. The van der Waals surface area contributed by atoms with Crippen LogP contribution in [0.5, 0.6) is 5.75 Å². The number of nitrogens with zero attached hydrogens (tertiary/aromatic N) is 2. The maximum Gasteiger partial charge on any atom is 0.224 e. The summed E-state index contributed by atoms with van der Waals surface area (Å²) in [5.41, 5.74) is 0.542. The number of phenolic OH excluding ortho intramolecular Hbond substituents is 1. The van der Waals surface area contributed by atoms with Gasteiger partial charge in [-0.15, -0.1) is 0 Å². The average Bonchev–Trinajstić information content (AvgIpc) is 2.53. The predicted molar refractivity (Wildman–Crippen MR) is 96.4 cm³/mol. The van der Waals surface area contributed by atoms with Crippen LogP contribution in [0.4, 0.5) is 5.69 Å². The summed E-state index contributed by atoms with van der Waals surface area (Å²) in [4.78, 5) is 28.6. The normalized spacial score (nSPS) is 21.6. The van der Waals surface area contributed by atoms with Crippen LogP contribution in [-0.2, 0) is 9.59 Å². The fourth-order valence-electron chi connectivity index (χ4n) is 3.72. The van der Waals surface area contributed by atoms with E-state index in [1.54, 1.807) is 18.2 Å². The molecule has 3 rings (SSSR count). The van der Waals surface area contributed by atoms with Gasteiger partial charge in [0.05, 0.1) is 0 Å². The van der Waals surface area contributed by atoms with Crippen LogP contribution in [0.3, 0.4) is 0 Å². The van der Waals surface area contributed by atoms with E-state index in [0.717, 1.165) is 19.6 Å². The molecule has 1 aromatic rings. The van der Waals surface area contributed by atoms with Gasteiger partial charge in [0.15, 0.2) is 0 Å². The van der Waals surface area contributed by atoms with Crippen molar-refractivity contribution in [3.63, 3.8) is 0 Å². The van der Waals surface area contributed by atoms with Crippen molar-refractivity contribution in [2.24, 2.45) is 0 Å². The van der Waals surface area contributed by atoms with Gasteiger partial charge >= 0.3 is 0 Å². The largest absolute Gasteiger partial charge is 0.508 e. The van der Waals surface area contributed by atoms with Crippen molar-refractivity contribution in [3.8, 4) is 5.75 Å². The van der Waals surface area contributed by atoms with E-state index in [4.69, 9.17) is 0 Å². The molecule has 136 valence electrons. The number of anilines is 1. The molecule has 0 bridgehead atoms. The Morgan fingerprint density at radius 3 is 2.76 bits per heavy atom. The van der Waals surface area contributed by atoms with Crippen molar-refractivity contribution >= 4 is 17.5 Å². The fourth-order valence-corrected chi connectivity index (χ4v) is 3.72. The molecule has 2 aliphatic heterocycles. The second kappa shape index (κ2) is 7.87. The molecule has 0 spiro atoms. The number of phenols is 1. The lowest BCUT2D eigenvalue weighted by molar-refractivity contribution is -0.140. The monoisotopic (exact) mass is 345 g/mol. The van der Waals surface area contributed by atoms with E-state index in [9.17, 15) is 14.7 Å². The summed E-state index contributed by atoms with van der Waals surface area (Å²) in [5.74, 6) is -0.0555. The smallest absolute Gasteiger partial charge is 0.224 e. The van der Waals surface area contributed by atoms with Gasteiger partial charge in [0.25, 0.3) is 0 Å². The number of carbonyl (C=O) groups excluding carboxylic acids is 2. The van der Waals surface area contributed by atoms with Gasteiger partial charge in [0.1, 0.15) is 5.75 Å². The van der Waals surface area contributed by atoms with E-state index in [1.165, 1.54) is 25.3 Å². The molecule has 0 saturated carbocycles. The van der Waals surface area contributed by atoms with Gasteiger partial charge in [-0.2, -0.15) is 0 Å². The highest BCUT2D eigenvalue weighted by atomic mass is 16.3. The zero-order valence-corrected chi connectivity index (χ0v) is 14.8. The van der Waals surface area contributed by atoms with E-state index < -0.39 is 0 Å². The zero-order valence-electron chi connectivity index (χ0n) is 14.8. The van der Waals surface area contributed by atoms with E-state index in [-0.39, 0.29) is 30.4 Å². The topological polar surface area (TPSA) is 72.9 Å². The molecule has 2 aliphatic rings. The molecule has 2 N–H and O–H groups in total. The Labute approximate surface area is 148 Å². The Morgan fingerprint density at radius 2 is 2.04 bits per heavy atom. The van der Waals surface area contributed by atoms with Crippen molar-refractivity contribution in [3.05, 3.63) is 24.3 Å². The van der Waals surface area contributed by atoms with Crippen LogP contribution in [0.2, 0.25) is 0 Å². The number of nitrogens with one attached hydrogen (secondary N) is 1. The molecule has 2 fully saturated rings. The first-order valence-electron chi connectivity index (χ1n) is 9.15. The van der Waals surface area contributed by atoms with Crippen LogP contribution in [0.25, 0.3) is 0 Å². The van der Waals surface area contributed by atoms with E-state index in [1.807, 2.05) is 4.90 Å². The number of piperidine rings is 1. The highest BCUT2D eigenvalue weighted by Gasteiger charge is 2.37. The molecule has 0 unspecified atom stereocenters. The quantitative estimate of drug-likeness (QED) is 0.858. The SMILES string of the molecule is C[C@@H]1CCCCN1C1CN(C(=O)CCC(=O)Nc2cccc(O)c2)C1. The summed E-state index contributed by atoms with van der Waals surface area (Å²) in [6.07, 6.45) is 4.20. The van der Waals surface area contributed by atoms with E-state index in [2.05, 4.69) is 17.1 Å². The maximum absolute atomic E-state index is 12.2. The fraction of sp³-hybridized carbons (Fsp3) is 0.579. The van der Waals surface area contributed by atoms with Crippen molar-refractivity contribution < 1.29 is 14.7 Å². The second-order valence-corrected chi connectivity index (χ2v) is 7.13. The van der Waals surface area contributed by atoms with Gasteiger partial charge in [-0.1, -0.05) is 12.5 Å². The minimum absolute atomic E-state index is 0.0481. The number of hydrogen-bond acceptors (Lipinski definition) is 4. The highest BCUT2D eigenvalue weighted by molar-refractivity contribution is 5.93. The molecule has 2 amide bonds. The summed E-state index contributed by atoms with van der Waals surface area (Å²) >= 11 is 0. The summed E-state index contributed by atoms with van der Waals surface area (Å²) in [6, 6.07) is 7.50. The Balaban J connectivity index is 1.38. The molecule has 0 aromatic heterocycles. The van der Waals surface area contributed by atoms with Gasteiger partial charge in [-0.05, 0) is 38.4 Å². The molecule has 1 atom stereocenters. The molecule has 25 heavy (non-hydrogen) atoms. The maximum atomic E-state index is 12.2.